The van der Waals surface area contributed by atoms with Crippen LogP contribution in [0, 0.1) is 13.8 Å². The highest BCUT2D eigenvalue weighted by Crippen LogP contribution is 2.20. The van der Waals surface area contributed by atoms with Gasteiger partial charge in [-0.05, 0) is 44.9 Å². The molecule has 1 aromatic carbocycles. The lowest BCUT2D eigenvalue weighted by Gasteiger charge is -2.11. The third-order valence-corrected chi connectivity index (χ3v) is 2.98. The minimum absolute atomic E-state index is 0.0721. The predicted octanol–water partition coefficient (Wildman–Crippen LogP) is 2.98. The van der Waals surface area contributed by atoms with E-state index in [2.05, 4.69) is 26.7 Å². The molecule has 0 aliphatic carbocycles. The van der Waals surface area contributed by atoms with Crippen molar-refractivity contribution in [2.24, 2.45) is 0 Å². The Morgan fingerprint density at radius 2 is 1.90 bits per heavy atom. The lowest BCUT2D eigenvalue weighted by Crippen LogP contribution is -2.30. The summed E-state index contributed by atoms with van der Waals surface area (Å²) in [6.07, 6.45) is 1.39. The first kappa shape index (κ1) is 15.0. The number of nitrogens with one attached hydrogen (secondary N) is 2. The smallest absolute Gasteiger partial charge is 0.270 e. The summed E-state index contributed by atoms with van der Waals surface area (Å²) in [7, 11) is 0. The van der Waals surface area contributed by atoms with Crippen molar-refractivity contribution in [2.45, 2.75) is 33.7 Å². The van der Waals surface area contributed by atoms with Crippen molar-refractivity contribution < 1.29 is 4.79 Å². The molecule has 1 aromatic heterocycles. The lowest BCUT2D eigenvalue weighted by atomic mass is 10.1. The van der Waals surface area contributed by atoms with Gasteiger partial charge in [-0.25, -0.2) is 9.97 Å². The standard InChI is InChI=1S/C16H20N4O/c1-10(2)19-16(21)14-8-15(18-9-17-14)20-13-7-11(3)5-6-12(13)4/h5-10H,1-4H3,(H,19,21)(H,17,18,20). The molecule has 2 N–H and O–H groups in total. The van der Waals surface area contributed by atoms with Gasteiger partial charge < -0.3 is 10.6 Å². The number of carbonyl (C=O) groups is 1. The Balaban J connectivity index is 2.21. The molecule has 0 atom stereocenters. The van der Waals surface area contributed by atoms with E-state index in [-0.39, 0.29) is 11.9 Å². The minimum atomic E-state index is -0.198. The predicted molar refractivity (Wildman–Crippen MR) is 83.8 cm³/mol. The molecule has 5 heteroatoms. The van der Waals surface area contributed by atoms with Crippen LogP contribution in [0.15, 0.2) is 30.6 Å². The number of benzene rings is 1. The van der Waals surface area contributed by atoms with Gasteiger partial charge in [0, 0.05) is 17.8 Å². The van der Waals surface area contributed by atoms with Crippen LogP contribution in [0.3, 0.4) is 0 Å². The van der Waals surface area contributed by atoms with Crippen LogP contribution in [0.4, 0.5) is 11.5 Å². The van der Waals surface area contributed by atoms with Crippen LogP contribution in [-0.2, 0) is 0 Å². The number of carbonyl (C=O) groups excluding carboxylic acids is 1. The van der Waals surface area contributed by atoms with Gasteiger partial charge in [-0.1, -0.05) is 12.1 Å². The number of aryl methyl sites for hydroxylation is 2. The van der Waals surface area contributed by atoms with Crippen molar-refractivity contribution in [3.05, 3.63) is 47.4 Å². The highest BCUT2D eigenvalue weighted by molar-refractivity contribution is 5.93. The van der Waals surface area contributed by atoms with Gasteiger partial charge in [-0.2, -0.15) is 0 Å². The van der Waals surface area contributed by atoms with Gasteiger partial charge >= 0.3 is 0 Å². The van der Waals surface area contributed by atoms with E-state index >= 15 is 0 Å². The molecule has 110 valence electrons. The Morgan fingerprint density at radius 3 is 2.62 bits per heavy atom. The zero-order valence-corrected chi connectivity index (χ0v) is 12.8. The molecule has 5 nitrogen and oxygen atoms in total. The molecule has 0 spiro atoms. The van der Waals surface area contributed by atoms with Crippen molar-refractivity contribution in [2.75, 3.05) is 5.32 Å². The van der Waals surface area contributed by atoms with Crippen LogP contribution in [0.1, 0.15) is 35.5 Å². The highest BCUT2D eigenvalue weighted by Gasteiger charge is 2.10. The molecule has 0 bridgehead atoms. The molecule has 0 saturated heterocycles. The van der Waals surface area contributed by atoms with Gasteiger partial charge in [0.1, 0.15) is 17.8 Å². The summed E-state index contributed by atoms with van der Waals surface area (Å²) in [4.78, 5) is 20.1. The fraction of sp³-hybridized carbons (Fsp3) is 0.312. The normalized spacial score (nSPS) is 10.5. The second kappa shape index (κ2) is 6.35. The average molecular weight is 284 g/mol. The van der Waals surface area contributed by atoms with Crippen LogP contribution in [0.2, 0.25) is 0 Å². The number of rotatable bonds is 4. The molecule has 0 aliphatic rings. The number of nitrogens with zero attached hydrogens (tertiary/aromatic N) is 2. The molecule has 2 rings (SSSR count). The Morgan fingerprint density at radius 1 is 1.14 bits per heavy atom. The van der Waals surface area contributed by atoms with Gasteiger partial charge in [0.15, 0.2) is 0 Å². The molecule has 0 aliphatic heterocycles. The van der Waals surface area contributed by atoms with Gasteiger partial charge in [0.2, 0.25) is 0 Å². The number of amides is 1. The Bertz CT molecular complexity index is 652. The quantitative estimate of drug-likeness (QED) is 0.905. The molecule has 1 heterocycles. The van der Waals surface area contributed by atoms with Gasteiger partial charge in [-0.3, -0.25) is 4.79 Å². The van der Waals surface area contributed by atoms with E-state index in [1.807, 2.05) is 39.8 Å². The lowest BCUT2D eigenvalue weighted by molar-refractivity contribution is 0.0938. The van der Waals surface area contributed by atoms with Crippen molar-refractivity contribution in [1.82, 2.24) is 15.3 Å². The molecule has 0 radical (unpaired) electrons. The van der Waals surface area contributed by atoms with Crippen molar-refractivity contribution in [3.63, 3.8) is 0 Å². The van der Waals surface area contributed by atoms with E-state index in [0.29, 0.717) is 11.5 Å². The van der Waals surface area contributed by atoms with Crippen LogP contribution < -0.4 is 10.6 Å². The van der Waals surface area contributed by atoms with E-state index < -0.39 is 0 Å². The number of anilines is 2. The summed E-state index contributed by atoms with van der Waals surface area (Å²) >= 11 is 0. The van der Waals surface area contributed by atoms with Gasteiger partial charge in [-0.15, -0.1) is 0 Å². The number of aromatic nitrogens is 2. The molecule has 0 unspecified atom stereocenters. The SMILES string of the molecule is Cc1ccc(C)c(Nc2cc(C(=O)NC(C)C)ncn2)c1. The van der Waals surface area contributed by atoms with E-state index in [4.69, 9.17) is 0 Å². The Hall–Kier alpha value is -2.43. The summed E-state index contributed by atoms with van der Waals surface area (Å²) in [5.41, 5.74) is 3.61. The molecule has 21 heavy (non-hydrogen) atoms. The fourth-order valence-corrected chi connectivity index (χ4v) is 1.89. The molecular formula is C16H20N4O. The summed E-state index contributed by atoms with van der Waals surface area (Å²) in [6, 6.07) is 7.88. The number of hydrogen-bond donors (Lipinski definition) is 2. The maximum atomic E-state index is 12.0. The van der Waals surface area contributed by atoms with Crippen molar-refractivity contribution >= 4 is 17.4 Å². The third kappa shape index (κ3) is 4.02. The maximum Gasteiger partial charge on any atom is 0.270 e. The molecule has 0 saturated carbocycles. The van der Waals surface area contributed by atoms with Crippen LogP contribution in [0.5, 0.6) is 0 Å². The Labute approximate surface area is 124 Å². The second-order valence-corrected chi connectivity index (χ2v) is 5.36. The van der Waals surface area contributed by atoms with Crippen molar-refractivity contribution in [3.8, 4) is 0 Å². The van der Waals surface area contributed by atoms with Crippen LogP contribution in [-0.4, -0.2) is 21.9 Å². The third-order valence-electron chi connectivity index (χ3n) is 2.98. The average Bonchev–Trinajstić information content (AvgIpc) is 2.42. The topological polar surface area (TPSA) is 66.9 Å². The summed E-state index contributed by atoms with van der Waals surface area (Å²) in [5, 5.41) is 6.04. The Kier molecular flexibility index (Phi) is 4.52. The minimum Gasteiger partial charge on any atom is -0.349 e. The van der Waals surface area contributed by atoms with Crippen molar-refractivity contribution in [1.29, 1.82) is 0 Å². The van der Waals surface area contributed by atoms with E-state index in [1.165, 1.54) is 6.33 Å². The number of hydrogen-bond acceptors (Lipinski definition) is 4. The molecule has 2 aromatic rings. The summed E-state index contributed by atoms with van der Waals surface area (Å²) in [6.45, 7) is 7.88. The van der Waals surface area contributed by atoms with Crippen LogP contribution in [0.25, 0.3) is 0 Å². The zero-order valence-electron chi connectivity index (χ0n) is 12.8. The largest absolute Gasteiger partial charge is 0.349 e. The van der Waals surface area contributed by atoms with Gasteiger partial charge in [0.25, 0.3) is 5.91 Å². The monoisotopic (exact) mass is 284 g/mol. The second-order valence-electron chi connectivity index (χ2n) is 5.36. The van der Waals surface area contributed by atoms with Crippen LogP contribution >= 0.6 is 0 Å². The fourth-order valence-electron chi connectivity index (χ4n) is 1.89. The first-order chi connectivity index (χ1) is 9.95. The van der Waals surface area contributed by atoms with Gasteiger partial charge in [0.05, 0.1) is 0 Å². The first-order valence-electron chi connectivity index (χ1n) is 6.93. The molecule has 1 amide bonds. The first-order valence-corrected chi connectivity index (χ1v) is 6.93. The maximum absolute atomic E-state index is 12.0. The summed E-state index contributed by atoms with van der Waals surface area (Å²) < 4.78 is 0. The van der Waals surface area contributed by atoms with E-state index in [9.17, 15) is 4.79 Å². The molecule has 0 fully saturated rings. The molecular weight excluding hydrogens is 264 g/mol. The summed E-state index contributed by atoms with van der Waals surface area (Å²) in [5.74, 6) is 0.407. The van der Waals surface area contributed by atoms with E-state index in [0.717, 1.165) is 16.8 Å². The highest BCUT2D eigenvalue weighted by atomic mass is 16.1. The zero-order chi connectivity index (χ0) is 15.4. The van der Waals surface area contributed by atoms with E-state index in [1.54, 1.807) is 6.07 Å².